The van der Waals surface area contributed by atoms with Crippen LogP contribution in [0.25, 0.3) is 65.8 Å². The van der Waals surface area contributed by atoms with Gasteiger partial charge in [-0.2, -0.15) is 20.4 Å². The van der Waals surface area contributed by atoms with Crippen LogP contribution in [0.1, 0.15) is 99.7 Å². The molecule has 3 radical (unpaired) electrons. The Bertz CT molecular complexity index is 5760. The number of aromatic nitrogens is 12. The Morgan fingerprint density at radius 3 is 1.20 bits per heavy atom. The van der Waals surface area contributed by atoms with Gasteiger partial charge in [0.25, 0.3) is 0 Å². The predicted molar refractivity (Wildman–Crippen MR) is 502 cm³/mol. The molecule has 638 valence electrons. The molecule has 23 nitrogen and oxygen atoms in total. The number of nitrogens with one attached hydrogen (secondary N) is 2. The molecule has 0 unspecified atom stereocenters. The minimum atomic E-state index is -0.600. The molecule has 8 heterocycles. The molecule has 15 aromatic rings. The number of amides is 2. The van der Waals surface area contributed by atoms with Crippen LogP contribution in [0, 0.1) is 24.2 Å². The SMILES string of the molecule is Brc1ccn(-c2ccc3cnccc3c2)n1.C.C.C.C#C[C@H](Cc1ccc(OC)cc1)NC(=O)OC(C)(C)C.COc1ccc(C[C@@H](C#Cc2ccn(-c3ccc4cnccc4c3)n2)NC(=O)OC(C)(C)C)cc1.COc1ccc(C[C@H](N)CCc2ccn(-c3ccc4cnccc4c3)n2)cc1.Nc1ccn(-c2ccc3cnccc3c2)n1.[2HH].[B].[Br][Cu][Br]. The molecule has 122 heavy (non-hydrogen) atoms. The van der Waals surface area contributed by atoms with Crippen LogP contribution in [0.4, 0.5) is 15.4 Å². The van der Waals surface area contributed by atoms with Gasteiger partial charge in [-0.15, -0.1) is 6.42 Å². The molecular formula is C94H105BBr3CuN16O7. The number of nitrogen functional groups attached to an aromatic ring is 1. The van der Waals surface area contributed by atoms with Gasteiger partial charge in [-0.05, 0) is 248 Å². The maximum atomic E-state index is 12.4. The number of methoxy groups -OCH3 is 3. The van der Waals surface area contributed by atoms with E-state index in [0.29, 0.717) is 24.4 Å². The van der Waals surface area contributed by atoms with E-state index in [0.717, 1.165) is 118 Å². The Morgan fingerprint density at radius 1 is 0.475 bits per heavy atom. The molecule has 15 rings (SSSR count). The van der Waals surface area contributed by atoms with Crippen molar-refractivity contribution in [2.24, 2.45) is 5.73 Å². The molecule has 6 N–H and O–H groups in total. The number of hydrogen-bond acceptors (Lipinski definition) is 17. The second kappa shape index (κ2) is 48.9. The van der Waals surface area contributed by atoms with E-state index in [9.17, 15) is 9.59 Å². The minimum absolute atomic E-state index is 0. The molecule has 0 aliphatic heterocycles. The second-order valence-electron chi connectivity index (χ2n) is 28.6. The van der Waals surface area contributed by atoms with Gasteiger partial charge in [-0.3, -0.25) is 19.9 Å². The van der Waals surface area contributed by atoms with Crippen molar-refractivity contribution >= 4 is 114 Å². The van der Waals surface area contributed by atoms with Crippen molar-refractivity contribution in [3.8, 4) is 64.2 Å². The van der Waals surface area contributed by atoms with E-state index < -0.39 is 35.5 Å². The first kappa shape index (κ1) is 98.7. The molecule has 7 aromatic carbocycles. The number of anilines is 1. The quantitative estimate of drug-likeness (QED) is 0.0459. The fourth-order valence-corrected chi connectivity index (χ4v) is 12.1. The van der Waals surface area contributed by atoms with Crippen LogP contribution in [0.5, 0.6) is 17.2 Å². The number of hydrogen-bond donors (Lipinski definition) is 4. The maximum absolute atomic E-state index is 12.4. The number of carbonyl (C=O) groups is 2. The molecule has 3 atom stereocenters. The number of carbonyl (C=O) groups excluding carboxylic acids is 2. The van der Waals surface area contributed by atoms with E-state index in [-0.39, 0.29) is 38.2 Å². The van der Waals surface area contributed by atoms with Gasteiger partial charge in [0.2, 0.25) is 0 Å². The third kappa shape index (κ3) is 31.5. The molecule has 0 bridgehead atoms. The standard InChI is InChI=1S/C28H28N4O3.C23H24N4O.C16H21NO3.C12H8BrN3.C12H10N4.3CH4.B.2BrH.Cu.H2/c1-28(2,3)35-27(33)30-24(17-20-5-11-26(34-4)12-6-20)9-8-23-14-16-32(31-23)25-10-7-22-19-29-15-13-21(22)18-25;1-28-23-8-2-17(3-9-23)14-20(24)5-6-21-11-13-27(26-21)22-7-4-19-16-25-12-10-18(19)15-22;1-6-13(17-15(18)20-16(2,3)4)11-12-7-9-14(19-5)10-8-12;2*13-12-4-6-16(15-12)11-2-1-10-8-14-5-3-9(10)7-11;;;;;;;;/h5-7,10-16,18-19,24H,17H2,1-4H3,(H,30,33);2-4,7-13,15-16,20H,5-6,14,24H2,1H3;1,7-10,13H,11H2,2-5H3,(H,17,18);1-8H;1-8H,(H2,13,15);3*1H4;;2*1H;;1H/q;;;;;;;;;;;+2;/p-2/t24-;20-;13-;;;;;;;;;;/m111........../s1/i;;;;;;;;;;;;1+1. The summed E-state index contributed by atoms with van der Waals surface area (Å²) in [5.41, 5.74) is 19.7. The van der Waals surface area contributed by atoms with Gasteiger partial charge in [-0.25, -0.2) is 28.3 Å². The van der Waals surface area contributed by atoms with Gasteiger partial charge < -0.3 is 45.8 Å². The average molecular weight is 1890 g/mol. The first-order valence-electron chi connectivity index (χ1n) is 37.3. The van der Waals surface area contributed by atoms with Crippen LogP contribution in [0.3, 0.4) is 0 Å². The third-order valence-electron chi connectivity index (χ3n) is 17.5. The van der Waals surface area contributed by atoms with Crippen molar-refractivity contribution in [3.05, 3.63) is 301 Å². The van der Waals surface area contributed by atoms with E-state index in [2.05, 4.69) is 162 Å². The Balaban J connectivity index is 0.000000276. The van der Waals surface area contributed by atoms with Gasteiger partial charge >= 0.3 is 51.7 Å². The number of aryl methyl sites for hydroxylation is 1. The first-order chi connectivity index (χ1) is 56.9. The van der Waals surface area contributed by atoms with Crippen LogP contribution >= 0.6 is 44.2 Å². The zero-order chi connectivity index (χ0) is 84.0. The molecule has 0 aliphatic rings. The number of alkyl carbamates (subject to hydrolysis) is 2. The summed E-state index contributed by atoms with van der Waals surface area (Å²) in [4.78, 5) is 40.6. The van der Waals surface area contributed by atoms with E-state index >= 15 is 0 Å². The number of ether oxygens (including phenoxy) is 5. The third-order valence-corrected chi connectivity index (χ3v) is 18.0. The summed E-state index contributed by atoms with van der Waals surface area (Å²) >= 11 is 10.7. The average Bonchev–Trinajstić information content (AvgIpc) is 1.79. The van der Waals surface area contributed by atoms with Crippen LogP contribution < -0.4 is 36.3 Å². The van der Waals surface area contributed by atoms with Crippen LogP contribution in [0.15, 0.2) is 273 Å². The fourth-order valence-electron chi connectivity index (χ4n) is 11.8. The molecule has 0 spiro atoms. The Morgan fingerprint density at radius 2 is 0.828 bits per heavy atom. The number of benzene rings is 7. The topological polar surface area (TPSA) is 279 Å². The number of halogens is 3. The van der Waals surface area contributed by atoms with Gasteiger partial charge in [0.15, 0.2) is 0 Å². The zero-order valence-corrected chi connectivity index (χ0v) is 72.8. The van der Waals surface area contributed by atoms with Crippen molar-refractivity contribution in [2.45, 2.75) is 125 Å². The monoisotopic (exact) mass is 1880 g/mol. The summed E-state index contributed by atoms with van der Waals surface area (Å²) in [6.45, 7) is 10.9. The van der Waals surface area contributed by atoms with Gasteiger partial charge in [-0.1, -0.05) is 94.8 Å². The molecule has 8 aromatic heterocycles. The van der Waals surface area contributed by atoms with Crippen molar-refractivity contribution in [3.63, 3.8) is 0 Å². The van der Waals surface area contributed by atoms with E-state index in [1.54, 1.807) is 76.1 Å². The Hall–Kier alpha value is -12.1. The molecule has 0 fully saturated rings. The van der Waals surface area contributed by atoms with Gasteiger partial charge in [0.1, 0.15) is 44.6 Å². The van der Waals surface area contributed by atoms with Crippen LogP contribution in [-0.4, -0.2) is 130 Å². The van der Waals surface area contributed by atoms with Crippen LogP contribution in [-0.2, 0) is 46.5 Å². The number of rotatable bonds is 18. The van der Waals surface area contributed by atoms with Gasteiger partial charge in [0, 0.05) is 131 Å². The number of pyridine rings is 4. The summed E-state index contributed by atoms with van der Waals surface area (Å²) in [6.07, 6.45) is 30.3. The van der Waals surface area contributed by atoms with Crippen molar-refractivity contribution < 1.29 is 46.0 Å². The van der Waals surface area contributed by atoms with Crippen molar-refractivity contribution in [1.29, 1.82) is 0 Å². The molecule has 2 amide bonds. The Kier molecular flexibility index (Phi) is 39.6. The molecule has 0 saturated carbocycles. The summed E-state index contributed by atoms with van der Waals surface area (Å²) in [6, 6.07) is 62.7. The summed E-state index contributed by atoms with van der Waals surface area (Å²) < 4.78 is 34.3. The summed E-state index contributed by atoms with van der Waals surface area (Å²) in [5, 5.41) is 32.3. The first-order valence-corrected chi connectivity index (χ1v) is 42.8. The number of nitrogens with zero attached hydrogens (tertiary/aromatic N) is 12. The van der Waals surface area contributed by atoms with Crippen molar-refractivity contribution in [2.75, 3.05) is 27.1 Å². The normalized spacial score (nSPS) is 11.2. The zero-order valence-electron chi connectivity index (χ0n) is 67.1. The van der Waals surface area contributed by atoms with Crippen molar-refractivity contribution in [1.82, 2.24) is 69.7 Å². The van der Waals surface area contributed by atoms with E-state index in [4.69, 9.17) is 46.7 Å². The van der Waals surface area contributed by atoms with Crippen LogP contribution in [0.2, 0.25) is 0 Å². The van der Waals surface area contributed by atoms with Gasteiger partial charge in [0.05, 0.1) is 61.9 Å². The summed E-state index contributed by atoms with van der Waals surface area (Å²) in [5.74, 6) is 11.7. The number of terminal acetylenes is 1. The molecule has 28 heteroatoms. The molecular weight excluding hydrogens is 1780 g/mol. The number of nitrogens with two attached hydrogens (primary N) is 2. The molecule has 0 saturated heterocycles. The number of fused-ring (bicyclic) bond motifs is 4. The Labute approximate surface area is 747 Å². The van der Waals surface area contributed by atoms with E-state index in [1.807, 2.05) is 219 Å². The molecule has 0 aliphatic carbocycles. The predicted octanol–water partition coefficient (Wildman–Crippen LogP) is 20.3. The summed E-state index contributed by atoms with van der Waals surface area (Å²) in [7, 11) is 4.92. The van der Waals surface area contributed by atoms with E-state index in [1.165, 1.54) is 22.3 Å². The second-order valence-corrected chi connectivity index (χ2v) is 34.2. The fraction of sp³-hybridized carbons (Fsp3) is 0.234.